The Morgan fingerprint density at radius 2 is 2.21 bits per heavy atom. The molecule has 0 aliphatic carbocycles. The molecular formula is C9H9F2NO2. The van der Waals surface area contributed by atoms with Crippen LogP contribution in [-0.4, -0.2) is 21.8 Å². The van der Waals surface area contributed by atoms with Crippen LogP contribution in [-0.2, 0) is 4.79 Å². The summed E-state index contributed by atoms with van der Waals surface area (Å²) in [6.07, 6.45) is -0.907. The Bertz CT molecular complexity index is 327. The van der Waals surface area contributed by atoms with Gasteiger partial charge < -0.3 is 5.11 Å². The third-order valence-electron chi connectivity index (χ3n) is 1.78. The molecule has 5 heteroatoms. The highest BCUT2D eigenvalue weighted by atomic mass is 19.3. The van der Waals surface area contributed by atoms with Crippen LogP contribution in [0.3, 0.4) is 0 Å². The van der Waals surface area contributed by atoms with Crippen LogP contribution in [0, 0.1) is 0 Å². The Kier molecular flexibility index (Phi) is 2.90. The van der Waals surface area contributed by atoms with E-state index in [0.29, 0.717) is 0 Å². The van der Waals surface area contributed by atoms with Crippen LogP contribution in [0.15, 0.2) is 24.4 Å². The highest BCUT2D eigenvalue weighted by Crippen LogP contribution is 2.30. The lowest BCUT2D eigenvalue weighted by Crippen LogP contribution is -2.34. The number of carbonyl (C=O) groups excluding carboxylic acids is 1. The molecule has 0 saturated carbocycles. The summed E-state index contributed by atoms with van der Waals surface area (Å²) in [5.41, 5.74) is -0.215. The Labute approximate surface area is 79.4 Å². The van der Waals surface area contributed by atoms with Gasteiger partial charge in [-0.15, -0.1) is 0 Å². The van der Waals surface area contributed by atoms with Crippen molar-refractivity contribution in [3.63, 3.8) is 0 Å². The summed E-state index contributed by atoms with van der Waals surface area (Å²) >= 11 is 0. The van der Waals surface area contributed by atoms with Crippen LogP contribution in [0.5, 0.6) is 0 Å². The molecule has 1 atom stereocenters. The molecule has 1 unspecified atom stereocenters. The summed E-state index contributed by atoms with van der Waals surface area (Å²) in [6, 6.07) is 4.23. The van der Waals surface area contributed by atoms with E-state index in [1.54, 1.807) is 0 Å². The quantitative estimate of drug-likeness (QED) is 0.802. The maximum absolute atomic E-state index is 13.0. The molecule has 0 amide bonds. The highest BCUT2D eigenvalue weighted by Gasteiger charge is 2.45. The molecule has 14 heavy (non-hydrogen) atoms. The Balaban J connectivity index is 2.96. The number of pyridine rings is 1. The van der Waals surface area contributed by atoms with Crippen molar-refractivity contribution in [1.82, 2.24) is 4.98 Å². The van der Waals surface area contributed by atoms with Gasteiger partial charge in [0.25, 0.3) is 0 Å². The Morgan fingerprint density at radius 1 is 1.57 bits per heavy atom. The minimum absolute atomic E-state index is 0.215. The van der Waals surface area contributed by atoms with Crippen LogP contribution >= 0.6 is 0 Å². The van der Waals surface area contributed by atoms with Gasteiger partial charge in [0.2, 0.25) is 5.78 Å². The average molecular weight is 201 g/mol. The molecule has 0 aliphatic heterocycles. The second-order valence-corrected chi connectivity index (χ2v) is 2.84. The lowest BCUT2D eigenvalue weighted by Gasteiger charge is -2.18. The molecule has 1 heterocycles. The predicted octanol–water partition coefficient (Wildman–Crippen LogP) is 1.34. The van der Waals surface area contributed by atoms with Crippen LogP contribution in [0.25, 0.3) is 0 Å². The maximum atomic E-state index is 13.0. The molecule has 0 fully saturated rings. The van der Waals surface area contributed by atoms with E-state index in [2.05, 4.69) is 4.98 Å². The van der Waals surface area contributed by atoms with Crippen molar-refractivity contribution in [3.05, 3.63) is 30.1 Å². The lowest BCUT2D eigenvalue weighted by molar-refractivity contribution is -0.159. The SMILES string of the molecule is CC(=O)C(F)(F)C(O)c1ccccn1. The maximum Gasteiger partial charge on any atom is 0.335 e. The van der Waals surface area contributed by atoms with E-state index in [1.807, 2.05) is 0 Å². The van der Waals surface area contributed by atoms with E-state index in [-0.39, 0.29) is 5.69 Å². The fourth-order valence-electron chi connectivity index (χ4n) is 0.916. The minimum Gasteiger partial charge on any atom is -0.380 e. The van der Waals surface area contributed by atoms with Gasteiger partial charge in [-0.2, -0.15) is 8.78 Å². The molecule has 1 aromatic rings. The van der Waals surface area contributed by atoms with Gasteiger partial charge in [-0.3, -0.25) is 9.78 Å². The van der Waals surface area contributed by atoms with Crippen LogP contribution in [0.2, 0.25) is 0 Å². The smallest absolute Gasteiger partial charge is 0.335 e. The number of carbonyl (C=O) groups is 1. The zero-order valence-electron chi connectivity index (χ0n) is 7.45. The molecule has 76 valence electrons. The zero-order valence-corrected chi connectivity index (χ0v) is 7.45. The molecule has 1 aromatic heterocycles. The van der Waals surface area contributed by atoms with Gasteiger partial charge in [-0.1, -0.05) is 6.07 Å². The normalized spacial score (nSPS) is 13.7. The van der Waals surface area contributed by atoms with Gasteiger partial charge >= 0.3 is 5.92 Å². The number of Topliss-reactive ketones (excluding diaryl/α,β-unsaturated/α-hetero) is 1. The molecule has 0 radical (unpaired) electrons. The number of hydrogen-bond acceptors (Lipinski definition) is 3. The van der Waals surface area contributed by atoms with Crippen molar-refractivity contribution < 1.29 is 18.7 Å². The predicted molar refractivity (Wildman–Crippen MR) is 44.8 cm³/mol. The number of ketones is 1. The molecule has 3 nitrogen and oxygen atoms in total. The first-order valence-electron chi connectivity index (χ1n) is 3.94. The van der Waals surface area contributed by atoms with Crippen molar-refractivity contribution in [2.75, 3.05) is 0 Å². The third kappa shape index (κ3) is 1.93. The van der Waals surface area contributed by atoms with Gasteiger partial charge in [0.1, 0.15) is 0 Å². The number of rotatable bonds is 3. The molecular weight excluding hydrogens is 192 g/mol. The fourth-order valence-corrected chi connectivity index (χ4v) is 0.916. The van der Waals surface area contributed by atoms with Crippen LogP contribution in [0.4, 0.5) is 8.78 Å². The first-order chi connectivity index (χ1) is 6.46. The molecule has 0 bridgehead atoms. The van der Waals surface area contributed by atoms with Gasteiger partial charge in [0.05, 0.1) is 5.69 Å². The van der Waals surface area contributed by atoms with Crippen molar-refractivity contribution in [2.45, 2.75) is 19.0 Å². The average Bonchev–Trinajstić information content (AvgIpc) is 2.17. The van der Waals surface area contributed by atoms with Gasteiger partial charge in [-0.25, -0.2) is 0 Å². The highest BCUT2D eigenvalue weighted by molar-refractivity contribution is 5.83. The molecule has 0 saturated heterocycles. The number of nitrogens with zero attached hydrogens (tertiary/aromatic N) is 1. The topological polar surface area (TPSA) is 50.2 Å². The van der Waals surface area contributed by atoms with Crippen molar-refractivity contribution in [1.29, 1.82) is 0 Å². The second-order valence-electron chi connectivity index (χ2n) is 2.84. The van der Waals surface area contributed by atoms with E-state index >= 15 is 0 Å². The van der Waals surface area contributed by atoms with Crippen molar-refractivity contribution >= 4 is 5.78 Å². The zero-order chi connectivity index (χ0) is 10.8. The number of hydrogen-bond donors (Lipinski definition) is 1. The minimum atomic E-state index is -3.78. The Morgan fingerprint density at radius 3 is 2.64 bits per heavy atom. The summed E-state index contributed by atoms with van der Waals surface area (Å²) in [7, 11) is 0. The second kappa shape index (κ2) is 3.79. The van der Waals surface area contributed by atoms with Gasteiger partial charge in [0.15, 0.2) is 6.10 Å². The van der Waals surface area contributed by atoms with Crippen LogP contribution in [0.1, 0.15) is 18.7 Å². The van der Waals surface area contributed by atoms with Gasteiger partial charge in [-0.05, 0) is 12.1 Å². The largest absolute Gasteiger partial charge is 0.380 e. The number of aromatic nitrogens is 1. The number of halogens is 2. The summed E-state index contributed by atoms with van der Waals surface area (Å²) < 4.78 is 26.0. The van der Waals surface area contributed by atoms with Crippen molar-refractivity contribution in [2.24, 2.45) is 0 Å². The molecule has 1 rings (SSSR count). The van der Waals surface area contributed by atoms with E-state index in [4.69, 9.17) is 0 Å². The first kappa shape index (κ1) is 10.7. The molecule has 0 aromatic carbocycles. The number of aliphatic hydroxyl groups excluding tert-OH is 1. The number of aliphatic hydroxyl groups is 1. The van der Waals surface area contributed by atoms with Gasteiger partial charge in [0, 0.05) is 13.1 Å². The summed E-state index contributed by atoms with van der Waals surface area (Å²) in [6.45, 7) is 0.728. The molecule has 0 spiro atoms. The van der Waals surface area contributed by atoms with Crippen molar-refractivity contribution in [3.8, 4) is 0 Å². The first-order valence-corrected chi connectivity index (χ1v) is 3.94. The summed E-state index contributed by atoms with van der Waals surface area (Å²) in [5, 5.41) is 9.19. The molecule has 1 N–H and O–H groups in total. The van der Waals surface area contributed by atoms with E-state index < -0.39 is 17.8 Å². The Hall–Kier alpha value is -1.36. The monoisotopic (exact) mass is 201 g/mol. The van der Waals surface area contributed by atoms with E-state index in [1.165, 1.54) is 24.4 Å². The molecule has 0 aliphatic rings. The standard InChI is InChI=1S/C9H9F2NO2/c1-6(13)9(10,11)8(14)7-4-2-3-5-12-7/h2-5,8,14H,1H3. The fraction of sp³-hybridized carbons (Fsp3) is 0.333. The van der Waals surface area contributed by atoms with E-state index in [9.17, 15) is 18.7 Å². The third-order valence-corrected chi connectivity index (χ3v) is 1.78. The summed E-state index contributed by atoms with van der Waals surface area (Å²) in [5.74, 6) is -5.16. The van der Waals surface area contributed by atoms with Crippen LogP contribution < -0.4 is 0 Å². The number of alkyl halides is 2. The van der Waals surface area contributed by atoms with E-state index in [0.717, 1.165) is 6.92 Å². The summed E-state index contributed by atoms with van der Waals surface area (Å²) in [4.78, 5) is 14.1. The lowest BCUT2D eigenvalue weighted by atomic mass is 10.1.